The minimum atomic E-state index is -0.0146. The van der Waals surface area contributed by atoms with Gasteiger partial charge in [0.2, 0.25) is 5.91 Å². The van der Waals surface area contributed by atoms with E-state index in [1.54, 1.807) is 24.5 Å². The number of aromatic amines is 1. The van der Waals surface area contributed by atoms with E-state index < -0.39 is 0 Å². The van der Waals surface area contributed by atoms with Gasteiger partial charge in [-0.15, -0.1) is 0 Å². The quantitative estimate of drug-likeness (QED) is 0.762. The van der Waals surface area contributed by atoms with Crippen molar-refractivity contribution in [2.45, 2.75) is 25.7 Å². The third-order valence-electron chi connectivity index (χ3n) is 4.55. The number of H-pyrrole nitrogens is 1. The second-order valence-corrected chi connectivity index (χ2v) is 7.40. The van der Waals surface area contributed by atoms with Crippen molar-refractivity contribution < 1.29 is 4.79 Å². The summed E-state index contributed by atoms with van der Waals surface area (Å²) in [6, 6.07) is 5.05. The molecule has 0 spiro atoms. The number of aromatic nitrogens is 2. The topological polar surface area (TPSA) is 61.0 Å². The molecule has 1 fully saturated rings. The van der Waals surface area contributed by atoms with Crippen LogP contribution < -0.4 is 5.32 Å². The number of imidazole rings is 1. The van der Waals surface area contributed by atoms with Gasteiger partial charge in [0.05, 0.1) is 6.33 Å². The normalized spacial score (nSPS) is 17.8. The molecule has 2 aromatic rings. The molecule has 1 atom stereocenters. The number of amides is 1. The first-order chi connectivity index (χ1) is 12.1. The average Bonchev–Trinajstić information content (AvgIpc) is 3.21. The molecule has 2 heterocycles. The Kier molecular flexibility index (Phi) is 6.34. The number of rotatable bonds is 7. The van der Waals surface area contributed by atoms with Crippen LogP contribution in [0.3, 0.4) is 0 Å². The number of aryl methyl sites for hydroxylation is 1. The average molecular weight is 381 g/mol. The number of carbonyl (C=O) groups excluding carboxylic acids is 1. The lowest BCUT2D eigenvalue weighted by molar-refractivity contribution is -0.116. The zero-order chi connectivity index (χ0) is 17.6. The fourth-order valence-electron chi connectivity index (χ4n) is 3.24. The summed E-state index contributed by atoms with van der Waals surface area (Å²) in [6.45, 7) is 2.90. The fraction of sp³-hybridized carbons (Fsp3) is 0.444. The second-order valence-electron chi connectivity index (χ2n) is 6.53. The molecule has 2 N–H and O–H groups in total. The number of carbonyl (C=O) groups is 1. The molecule has 1 saturated heterocycles. The van der Waals surface area contributed by atoms with Gasteiger partial charge in [0.1, 0.15) is 0 Å². The molecule has 0 radical (unpaired) electrons. The lowest BCUT2D eigenvalue weighted by Crippen LogP contribution is -2.26. The third-order valence-corrected chi connectivity index (χ3v) is 4.98. The first-order valence-electron chi connectivity index (χ1n) is 8.54. The molecule has 1 amide bonds. The van der Waals surface area contributed by atoms with Crippen LogP contribution in [0.4, 0.5) is 5.69 Å². The van der Waals surface area contributed by atoms with E-state index in [9.17, 15) is 4.79 Å². The Balaban J connectivity index is 1.37. The molecule has 1 unspecified atom stereocenters. The van der Waals surface area contributed by atoms with Crippen LogP contribution in [0, 0.1) is 5.92 Å². The highest BCUT2D eigenvalue weighted by atomic mass is 35.5. The van der Waals surface area contributed by atoms with Crippen LogP contribution in [0.2, 0.25) is 10.0 Å². The Morgan fingerprint density at radius 3 is 2.84 bits per heavy atom. The molecule has 0 saturated carbocycles. The molecule has 0 bridgehead atoms. The minimum absolute atomic E-state index is 0.0146. The Morgan fingerprint density at radius 1 is 1.32 bits per heavy atom. The molecular weight excluding hydrogens is 359 g/mol. The predicted octanol–water partition coefficient (Wildman–Crippen LogP) is 4.00. The molecule has 7 heteroatoms. The highest BCUT2D eigenvalue weighted by molar-refractivity contribution is 6.35. The van der Waals surface area contributed by atoms with E-state index in [1.165, 1.54) is 12.1 Å². The standard InChI is InChI=1S/C18H22Cl2N4O/c19-14-7-15(20)9-17(8-14)23-18(25)4-6-24-5-3-13(11-24)1-2-16-10-21-12-22-16/h7-10,12-13H,1-6,11H2,(H,21,22)(H,23,25). The van der Waals surface area contributed by atoms with Gasteiger partial charge < -0.3 is 15.2 Å². The Bertz CT molecular complexity index is 685. The number of anilines is 1. The Labute approximate surface area is 157 Å². The molecule has 3 rings (SSSR count). The number of nitrogens with one attached hydrogen (secondary N) is 2. The molecule has 1 aromatic heterocycles. The van der Waals surface area contributed by atoms with Gasteiger partial charge in [0, 0.05) is 47.1 Å². The van der Waals surface area contributed by atoms with E-state index in [0.717, 1.165) is 32.5 Å². The van der Waals surface area contributed by atoms with E-state index in [4.69, 9.17) is 23.2 Å². The van der Waals surface area contributed by atoms with Crippen molar-refractivity contribution in [3.63, 3.8) is 0 Å². The Morgan fingerprint density at radius 2 is 2.12 bits per heavy atom. The minimum Gasteiger partial charge on any atom is -0.348 e. The van der Waals surface area contributed by atoms with E-state index in [2.05, 4.69) is 20.2 Å². The van der Waals surface area contributed by atoms with Crippen molar-refractivity contribution in [2.75, 3.05) is 25.0 Å². The molecule has 5 nitrogen and oxygen atoms in total. The fourth-order valence-corrected chi connectivity index (χ4v) is 3.77. The summed E-state index contributed by atoms with van der Waals surface area (Å²) in [5, 5.41) is 3.89. The highest BCUT2D eigenvalue weighted by Crippen LogP contribution is 2.23. The summed E-state index contributed by atoms with van der Waals surface area (Å²) in [6.07, 6.45) is 7.47. The summed E-state index contributed by atoms with van der Waals surface area (Å²) in [7, 11) is 0. The maximum atomic E-state index is 12.1. The number of hydrogen-bond acceptors (Lipinski definition) is 3. The van der Waals surface area contributed by atoms with E-state index in [1.807, 2.05) is 6.20 Å². The van der Waals surface area contributed by atoms with Crippen molar-refractivity contribution in [2.24, 2.45) is 5.92 Å². The Hall–Kier alpha value is -1.56. The van der Waals surface area contributed by atoms with Crippen LogP contribution in [0.1, 0.15) is 25.0 Å². The monoisotopic (exact) mass is 380 g/mol. The number of likely N-dealkylation sites (tertiary alicyclic amines) is 1. The number of nitrogens with zero attached hydrogens (tertiary/aromatic N) is 2. The van der Waals surface area contributed by atoms with Crippen LogP contribution >= 0.6 is 23.2 Å². The van der Waals surface area contributed by atoms with Crippen LogP contribution in [0.5, 0.6) is 0 Å². The van der Waals surface area contributed by atoms with Crippen LogP contribution in [-0.4, -0.2) is 40.4 Å². The zero-order valence-electron chi connectivity index (χ0n) is 14.0. The number of halogens is 2. The van der Waals surface area contributed by atoms with Crippen molar-refractivity contribution in [3.05, 3.63) is 46.5 Å². The van der Waals surface area contributed by atoms with Crippen LogP contribution in [0.25, 0.3) is 0 Å². The van der Waals surface area contributed by atoms with Gasteiger partial charge in [-0.3, -0.25) is 4.79 Å². The SMILES string of the molecule is O=C(CCN1CCC(CCc2cnc[nH]2)C1)Nc1cc(Cl)cc(Cl)c1. The van der Waals surface area contributed by atoms with Gasteiger partial charge in [-0.1, -0.05) is 23.2 Å². The second kappa shape index (κ2) is 8.70. The summed E-state index contributed by atoms with van der Waals surface area (Å²) < 4.78 is 0. The van der Waals surface area contributed by atoms with E-state index in [0.29, 0.717) is 28.1 Å². The van der Waals surface area contributed by atoms with Crippen molar-refractivity contribution in [1.82, 2.24) is 14.9 Å². The number of hydrogen-bond donors (Lipinski definition) is 2. The van der Waals surface area contributed by atoms with Crippen LogP contribution in [0.15, 0.2) is 30.7 Å². The lowest BCUT2D eigenvalue weighted by atomic mass is 10.0. The van der Waals surface area contributed by atoms with Gasteiger partial charge in [-0.2, -0.15) is 0 Å². The summed E-state index contributed by atoms with van der Waals surface area (Å²) in [5.41, 5.74) is 1.83. The van der Waals surface area contributed by atoms with Crippen molar-refractivity contribution >= 4 is 34.8 Å². The van der Waals surface area contributed by atoms with Crippen molar-refractivity contribution in [3.8, 4) is 0 Å². The summed E-state index contributed by atoms with van der Waals surface area (Å²) >= 11 is 11.9. The van der Waals surface area contributed by atoms with E-state index in [-0.39, 0.29) is 5.91 Å². The summed E-state index contributed by atoms with van der Waals surface area (Å²) in [4.78, 5) is 21.7. The third kappa shape index (κ3) is 5.73. The summed E-state index contributed by atoms with van der Waals surface area (Å²) in [5.74, 6) is 0.678. The van der Waals surface area contributed by atoms with Gasteiger partial charge >= 0.3 is 0 Å². The predicted molar refractivity (Wildman–Crippen MR) is 101 cm³/mol. The zero-order valence-corrected chi connectivity index (χ0v) is 15.5. The van der Waals surface area contributed by atoms with Gasteiger partial charge in [-0.25, -0.2) is 4.98 Å². The largest absolute Gasteiger partial charge is 0.348 e. The van der Waals surface area contributed by atoms with Gasteiger partial charge in [0.25, 0.3) is 0 Å². The lowest BCUT2D eigenvalue weighted by Gasteiger charge is -2.16. The molecule has 1 aromatic carbocycles. The first kappa shape index (κ1) is 18.2. The molecule has 0 aliphatic carbocycles. The molecule has 1 aliphatic heterocycles. The van der Waals surface area contributed by atoms with E-state index >= 15 is 0 Å². The van der Waals surface area contributed by atoms with Crippen molar-refractivity contribution in [1.29, 1.82) is 0 Å². The maximum absolute atomic E-state index is 12.1. The van der Waals surface area contributed by atoms with Crippen LogP contribution in [-0.2, 0) is 11.2 Å². The smallest absolute Gasteiger partial charge is 0.225 e. The first-order valence-corrected chi connectivity index (χ1v) is 9.29. The number of benzene rings is 1. The van der Waals surface area contributed by atoms with Gasteiger partial charge in [0.15, 0.2) is 0 Å². The molecule has 25 heavy (non-hydrogen) atoms. The highest BCUT2D eigenvalue weighted by Gasteiger charge is 2.22. The van der Waals surface area contributed by atoms with Gasteiger partial charge in [-0.05, 0) is 49.9 Å². The molecule has 134 valence electrons. The maximum Gasteiger partial charge on any atom is 0.225 e. The molecular formula is C18H22Cl2N4O. The molecule has 1 aliphatic rings.